The molecule has 1 atom stereocenters. The van der Waals surface area contributed by atoms with E-state index in [0.29, 0.717) is 5.76 Å². The first-order chi connectivity index (χ1) is 9.85. The van der Waals surface area contributed by atoms with Crippen molar-refractivity contribution in [2.24, 2.45) is 0 Å². The van der Waals surface area contributed by atoms with Crippen LogP contribution in [0.5, 0.6) is 0 Å². The number of aryl methyl sites for hydroxylation is 1. The number of hydrogen-bond acceptors (Lipinski definition) is 5. The van der Waals surface area contributed by atoms with E-state index in [0.717, 1.165) is 25.7 Å². The summed E-state index contributed by atoms with van der Waals surface area (Å²) in [5, 5.41) is 6.10. The molecule has 0 spiro atoms. The molecule has 1 amide bonds. The third-order valence-corrected chi connectivity index (χ3v) is 4.59. The highest BCUT2D eigenvalue weighted by atomic mass is 32.2. The molecule has 1 aliphatic carbocycles. The Morgan fingerprint density at radius 3 is 2.67 bits per heavy atom. The molecule has 3 N–H and O–H groups in total. The van der Waals surface area contributed by atoms with Crippen LogP contribution < -0.4 is 14.8 Å². The fraction of sp³-hybridized carbons (Fsp3) is 0.667. The quantitative estimate of drug-likeness (QED) is 0.714. The summed E-state index contributed by atoms with van der Waals surface area (Å²) in [5.41, 5.74) is 0. The second-order valence-electron chi connectivity index (χ2n) is 5.25. The largest absolute Gasteiger partial charge is 0.360 e. The van der Waals surface area contributed by atoms with Gasteiger partial charge in [-0.2, -0.15) is 17.9 Å². The van der Waals surface area contributed by atoms with Crippen LogP contribution in [0.2, 0.25) is 0 Å². The van der Waals surface area contributed by atoms with E-state index in [4.69, 9.17) is 4.52 Å². The summed E-state index contributed by atoms with van der Waals surface area (Å²) in [6.45, 7) is 3.16. The first kappa shape index (κ1) is 15.9. The first-order valence-electron chi connectivity index (χ1n) is 6.89. The molecule has 0 aromatic carbocycles. The molecule has 8 nitrogen and oxygen atoms in total. The highest BCUT2D eigenvalue weighted by molar-refractivity contribution is 7.87. The summed E-state index contributed by atoms with van der Waals surface area (Å²) in [6, 6.07) is 0.590. The Labute approximate surface area is 123 Å². The Hall–Kier alpha value is -1.45. The third kappa shape index (κ3) is 4.80. The molecule has 2 rings (SSSR count). The van der Waals surface area contributed by atoms with Crippen LogP contribution in [0.1, 0.15) is 38.4 Å². The number of amides is 1. The third-order valence-electron chi connectivity index (χ3n) is 3.28. The van der Waals surface area contributed by atoms with Crippen LogP contribution in [0.25, 0.3) is 0 Å². The predicted molar refractivity (Wildman–Crippen MR) is 76.8 cm³/mol. The lowest BCUT2D eigenvalue weighted by molar-refractivity contribution is -0.117. The summed E-state index contributed by atoms with van der Waals surface area (Å²) < 4.78 is 33.5. The number of nitrogens with zero attached hydrogens (tertiary/aromatic N) is 1. The van der Waals surface area contributed by atoms with Crippen LogP contribution in [0, 0.1) is 6.92 Å². The molecule has 21 heavy (non-hydrogen) atoms. The van der Waals surface area contributed by atoms with E-state index in [-0.39, 0.29) is 11.9 Å². The molecule has 1 saturated carbocycles. The van der Waals surface area contributed by atoms with Crippen LogP contribution in [0.3, 0.4) is 0 Å². The number of carbonyl (C=O) groups excluding carboxylic acids is 1. The molecule has 1 unspecified atom stereocenters. The topological polar surface area (TPSA) is 113 Å². The normalized spacial score (nSPS) is 17.8. The van der Waals surface area contributed by atoms with Gasteiger partial charge in [0.2, 0.25) is 5.91 Å². The van der Waals surface area contributed by atoms with Crippen molar-refractivity contribution in [3.05, 3.63) is 11.8 Å². The molecule has 0 bridgehead atoms. The smallest absolute Gasteiger partial charge is 0.277 e. The predicted octanol–water partition coefficient (Wildman–Crippen LogP) is 0.677. The molecule has 0 aliphatic heterocycles. The SMILES string of the molecule is Cc1cc(NC(=O)C(C)NS(=O)(=O)NC2CCCC2)no1. The molecule has 1 aliphatic rings. The van der Waals surface area contributed by atoms with Crippen LogP contribution >= 0.6 is 0 Å². The Bertz CT molecular complexity index is 592. The van der Waals surface area contributed by atoms with Gasteiger partial charge in [-0.05, 0) is 26.7 Å². The summed E-state index contributed by atoms with van der Waals surface area (Å²) in [7, 11) is -3.70. The van der Waals surface area contributed by atoms with Crippen molar-refractivity contribution in [2.45, 2.75) is 51.6 Å². The van der Waals surface area contributed by atoms with Gasteiger partial charge < -0.3 is 9.84 Å². The van der Waals surface area contributed by atoms with Crippen molar-refractivity contribution in [3.8, 4) is 0 Å². The number of rotatable bonds is 6. The molecule has 1 fully saturated rings. The maximum absolute atomic E-state index is 11.9. The van der Waals surface area contributed by atoms with Gasteiger partial charge >= 0.3 is 0 Å². The number of hydrogen-bond donors (Lipinski definition) is 3. The summed E-state index contributed by atoms with van der Waals surface area (Å²) in [6.07, 6.45) is 3.71. The summed E-state index contributed by atoms with van der Waals surface area (Å²) in [4.78, 5) is 11.9. The average Bonchev–Trinajstić information content (AvgIpc) is 3.00. The monoisotopic (exact) mass is 316 g/mol. The standard InChI is InChI=1S/C12H20N4O4S/c1-8-7-11(14-20-8)13-12(17)9(2)15-21(18,19)16-10-5-3-4-6-10/h7,9-10,15-16H,3-6H2,1-2H3,(H,13,14,17). The molecule has 1 aromatic rings. The van der Waals surface area contributed by atoms with Crippen molar-refractivity contribution in [1.82, 2.24) is 14.6 Å². The zero-order valence-corrected chi connectivity index (χ0v) is 12.9. The molecule has 0 saturated heterocycles. The molecular weight excluding hydrogens is 296 g/mol. The molecule has 1 aromatic heterocycles. The summed E-state index contributed by atoms with van der Waals surface area (Å²) >= 11 is 0. The van der Waals surface area contributed by atoms with Gasteiger partial charge in [0.1, 0.15) is 5.76 Å². The second kappa shape index (κ2) is 6.54. The summed E-state index contributed by atoms with van der Waals surface area (Å²) in [5.74, 6) is 0.314. The Kier molecular flexibility index (Phi) is 4.96. The first-order valence-corrected chi connectivity index (χ1v) is 8.38. The highest BCUT2D eigenvalue weighted by Crippen LogP contribution is 2.18. The highest BCUT2D eigenvalue weighted by Gasteiger charge is 2.25. The lowest BCUT2D eigenvalue weighted by Crippen LogP contribution is -2.49. The Morgan fingerprint density at radius 1 is 1.43 bits per heavy atom. The molecule has 118 valence electrons. The zero-order chi connectivity index (χ0) is 15.5. The number of aromatic nitrogens is 1. The fourth-order valence-corrected chi connectivity index (χ4v) is 3.56. The minimum Gasteiger partial charge on any atom is -0.360 e. The van der Waals surface area contributed by atoms with E-state index in [1.807, 2.05) is 0 Å². The van der Waals surface area contributed by atoms with Gasteiger partial charge in [0.25, 0.3) is 10.2 Å². The van der Waals surface area contributed by atoms with Crippen molar-refractivity contribution in [2.75, 3.05) is 5.32 Å². The molecule has 0 radical (unpaired) electrons. The van der Waals surface area contributed by atoms with Crippen LogP contribution in [-0.4, -0.2) is 31.6 Å². The molecule has 9 heteroatoms. The van der Waals surface area contributed by atoms with Gasteiger partial charge in [-0.1, -0.05) is 18.0 Å². The fourth-order valence-electron chi connectivity index (χ4n) is 2.24. The lowest BCUT2D eigenvalue weighted by atomic mass is 10.3. The van der Waals surface area contributed by atoms with E-state index in [1.54, 1.807) is 13.0 Å². The van der Waals surface area contributed by atoms with Gasteiger partial charge in [0.15, 0.2) is 5.82 Å². The van der Waals surface area contributed by atoms with Crippen LogP contribution in [0.15, 0.2) is 10.6 Å². The van der Waals surface area contributed by atoms with Crippen molar-refractivity contribution >= 4 is 21.9 Å². The van der Waals surface area contributed by atoms with Gasteiger partial charge in [0, 0.05) is 12.1 Å². The van der Waals surface area contributed by atoms with E-state index in [2.05, 4.69) is 19.9 Å². The minimum absolute atomic E-state index is 0.0454. The number of anilines is 1. The van der Waals surface area contributed by atoms with E-state index in [1.165, 1.54) is 6.92 Å². The van der Waals surface area contributed by atoms with E-state index in [9.17, 15) is 13.2 Å². The Morgan fingerprint density at radius 2 is 2.10 bits per heavy atom. The van der Waals surface area contributed by atoms with E-state index >= 15 is 0 Å². The number of nitrogens with one attached hydrogen (secondary N) is 3. The lowest BCUT2D eigenvalue weighted by Gasteiger charge is -2.16. The van der Waals surface area contributed by atoms with Gasteiger partial charge in [-0.15, -0.1) is 0 Å². The molecular formula is C12H20N4O4S. The van der Waals surface area contributed by atoms with E-state index < -0.39 is 22.2 Å². The van der Waals surface area contributed by atoms with Gasteiger partial charge in [-0.3, -0.25) is 4.79 Å². The zero-order valence-electron chi connectivity index (χ0n) is 12.0. The van der Waals surface area contributed by atoms with Crippen molar-refractivity contribution in [1.29, 1.82) is 0 Å². The van der Waals surface area contributed by atoms with Gasteiger partial charge in [-0.25, -0.2) is 0 Å². The maximum atomic E-state index is 11.9. The minimum atomic E-state index is -3.70. The van der Waals surface area contributed by atoms with Crippen LogP contribution in [-0.2, 0) is 15.0 Å². The van der Waals surface area contributed by atoms with Crippen molar-refractivity contribution < 1.29 is 17.7 Å². The van der Waals surface area contributed by atoms with Crippen molar-refractivity contribution in [3.63, 3.8) is 0 Å². The second-order valence-corrected chi connectivity index (χ2v) is 6.73. The van der Waals surface area contributed by atoms with Gasteiger partial charge in [0.05, 0.1) is 6.04 Å². The average molecular weight is 316 g/mol. The molecule has 1 heterocycles. The number of carbonyl (C=O) groups is 1. The van der Waals surface area contributed by atoms with Crippen LogP contribution in [0.4, 0.5) is 5.82 Å². The Balaban J connectivity index is 1.87. The maximum Gasteiger partial charge on any atom is 0.277 e.